The fourth-order valence-corrected chi connectivity index (χ4v) is 1.76. The van der Waals surface area contributed by atoms with Crippen molar-refractivity contribution in [2.45, 2.75) is 19.4 Å². The molecule has 0 saturated carbocycles. The van der Waals surface area contributed by atoms with Gasteiger partial charge >= 0.3 is 0 Å². The number of aromatic nitrogens is 4. The van der Waals surface area contributed by atoms with Crippen molar-refractivity contribution < 1.29 is 0 Å². The number of nitrogens with one attached hydrogen (secondary N) is 1. The van der Waals surface area contributed by atoms with Crippen LogP contribution >= 0.6 is 0 Å². The topological polar surface area (TPSA) is 47.7 Å². The Labute approximate surface area is 101 Å². The lowest BCUT2D eigenvalue weighted by Crippen LogP contribution is -2.19. The Hall–Kier alpha value is -1.62. The van der Waals surface area contributed by atoms with E-state index in [2.05, 4.69) is 26.2 Å². The highest BCUT2D eigenvalue weighted by atomic mass is 15.2. The highest BCUT2D eigenvalue weighted by Gasteiger charge is 1.95. The van der Waals surface area contributed by atoms with Gasteiger partial charge in [0, 0.05) is 32.2 Å². The van der Waals surface area contributed by atoms with Gasteiger partial charge in [0.1, 0.15) is 0 Å². The molecule has 0 bridgehead atoms. The molecule has 0 fully saturated rings. The lowest BCUT2D eigenvalue weighted by molar-refractivity contribution is 0.581. The molecule has 0 aliphatic heterocycles. The highest BCUT2D eigenvalue weighted by Crippen LogP contribution is 1.96. The number of nitrogens with zero attached hydrogens (tertiary/aromatic N) is 4. The van der Waals surface area contributed by atoms with E-state index in [1.54, 1.807) is 0 Å². The summed E-state index contributed by atoms with van der Waals surface area (Å²) in [4.78, 5) is 4.01. The zero-order valence-electron chi connectivity index (χ0n) is 10.2. The van der Waals surface area contributed by atoms with Crippen LogP contribution in [0.2, 0.25) is 0 Å². The quantitative estimate of drug-likeness (QED) is 0.721. The average molecular weight is 233 g/mol. The maximum Gasteiger partial charge on any atom is 0.0945 e. The fraction of sp³-hybridized carbons (Fsp3) is 0.500. The van der Waals surface area contributed by atoms with Gasteiger partial charge in [-0.2, -0.15) is 5.10 Å². The summed E-state index contributed by atoms with van der Waals surface area (Å²) in [5, 5.41) is 7.58. The Balaban J connectivity index is 1.52. The summed E-state index contributed by atoms with van der Waals surface area (Å²) in [5.74, 6) is 0. The first kappa shape index (κ1) is 11.9. The van der Waals surface area contributed by atoms with E-state index in [4.69, 9.17) is 0 Å². The second-order valence-electron chi connectivity index (χ2n) is 4.18. The molecule has 5 nitrogen and oxygen atoms in total. The molecular weight excluding hydrogens is 214 g/mol. The van der Waals surface area contributed by atoms with Crippen LogP contribution in [0.5, 0.6) is 0 Å². The third kappa shape index (κ3) is 4.03. The van der Waals surface area contributed by atoms with Crippen LogP contribution in [0.4, 0.5) is 0 Å². The maximum atomic E-state index is 4.14. The number of hydrogen-bond acceptors (Lipinski definition) is 3. The molecule has 0 saturated heterocycles. The molecule has 0 radical (unpaired) electrons. The molecule has 92 valence electrons. The van der Waals surface area contributed by atoms with Crippen molar-refractivity contribution in [2.24, 2.45) is 7.05 Å². The van der Waals surface area contributed by atoms with E-state index >= 15 is 0 Å². The van der Waals surface area contributed by atoms with E-state index in [1.807, 2.05) is 36.6 Å². The lowest BCUT2D eigenvalue weighted by atomic mass is 10.2. The van der Waals surface area contributed by atoms with Crippen molar-refractivity contribution in [1.29, 1.82) is 0 Å². The maximum absolute atomic E-state index is 4.14. The fourth-order valence-electron chi connectivity index (χ4n) is 1.76. The molecule has 0 amide bonds. The predicted octanol–water partition coefficient (Wildman–Crippen LogP) is 0.839. The molecule has 5 heteroatoms. The van der Waals surface area contributed by atoms with Gasteiger partial charge < -0.3 is 9.88 Å². The van der Waals surface area contributed by atoms with Crippen molar-refractivity contribution in [1.82, 2.24) is 24.6 Å². The van der Waals surface area contributed by atoms with E-state index in [9.17, 15) is 0 Å². The highest BCUT2D eigenvalue weighted by molar-refractivity contribution is 5.03. The minimum absolute atomic E-state index is 1.01. The third-order valence-electron chi connectivity index (χ3n) is 2.68. The molecule has 0 aliphatic carbocycles. The van der Waals surface area contributed by atoms with E-state index < -0.39 is 0 Å². The number of rotatable bonds is 7. The molecule has 0 unspecified atom stereocenters. The average Bonchev–Trinajstić information content (AvgIpc) is 2.95. The second kappa shape index (κ2) is 6.20. The summed E-state index contributed by atoms with van der Waals surface area (Å²) in [7, 11) is 1.95. The molecule has 0 atom stereocenters. The van der Waals surface area contributed by atoms with E-state index in [0.29, 0.717) is 0 Å². The summed E-state index contributed by atoms with van der Waals surface area (Å²) in [6, 6.07) is 0. The van der Waals surface area contributed by atoms with Gasteiger partial charge in [-0.05, 0) is 31.5 Å². The van der Waals surface area contributed by atoms with Gasteiger partial charge in [0.2, 0.25) is 0 Å². The number of imidazole rings is 1. The van der Waals surface area contributed by atoms with Gasteiger partial charge in [0.25, 0.3) is 0 Å². The third-order valence-corrected chi connectivity index (χ3v) is 2.68. The standard InChI is InChI=1S/C12H19N5/c1-16-10-12(9-15-16)3-5-13-4-2-7-17-8-6-14-11-17/h6,8-11,13H,2-5,7H2,1H3. The first-order chi connectivity index (χ1) is 8.34. The molecule has 2 aromatic rings. The molecule has 17 heavy (non-hydrogen) atoms. The van der Waals surface area contributed by atoms with Crippen LogP contribution in [0.3, 0.4) is 0 Å². The second-order valence-corrected chi connectivity index (χ2v) is 4.18. The molecule has 1 N–H and O–H groups in total. The minimum Gasteiger partial charge on any atom is -0.337 e. The zero-order chi connectivity index (χ0) is 11.9. The van der Waals surface area contributed by atoms with E-state index in [1.165, 1.54) is 5.56 Å². The van der Waals surface area contributed by atoms with Crippen molar-refractivity contribution in [3.8, 4) is 0 Å². The Morgan fingerprint density at radius 3 is 3.00 bits per heavy atom. The first-order valence-corrected chi connectivity index (χ1v) is 5.98. The van der Waals surface area contributed by atoms with E-state index in [0.717, 1.165) is 32.5 Å². The van der Waals surface area contributed by atoms with Crippen LogP contribution in [0.1, 0.15) is 12.0 Å². The van der Waals surface area contributed by atoms with Crippen LogP contribution in [-0.4, -0.2) is 32.4 Å². The molecule has 2 heterocycles. The summed E-state index contributed by atoms with van der Waals surface area (Å²) in [6.45, 7) is 3.08. The first-order valence-electron chi connectivity index (χ1n) is 5.98. The van der Waals surface area contributed by atoms with Crippen molar-refractivity contribution in [3.63, 3.8) is 0 Å². The van der Waals surface area contributed by atoms with Crippen molar-refractivity contribution >= 4 is 0 Å². The Bertz CT molecular complexity index is 418. The van der Waals surface area contributed by atoms with Crippen LogP contribution < -0.4 is 5.32 Å². The van der Waals surface area contributed by atoms with Gasteiger partial charge in [-0.25, -0.2) is 4.98 Å². The smallest absolute Gasteiger partial charge is 0.0945 e. The molecule has 0 aromatic carbocycles. The number of aryl methyl sites for hydroxylation is 2. The largest absolute Gasteiger partial charge is 0.337 e. The number of hydrogen-bond donors (Lipinski definition) is 1. The van der Waals surface area contributed by atoms with Gasteiger partial charge in [-0.1, -0.05) is 0 Å². The predicted molar refractivity (Wildman–Crippen MR) is 66.6 cm³/mol. The summed E-state index contributed by atoms with van der Waals surface area (Å²) >= 11 is 0. The Kier molecular flexibility index (Phi) is 4.32. The van der Waals surface area contributed by atoms with Crippen LogP contribution in [0, 0.1) is 0 Å². The zero-order valence-corrected chi connectivity index (χ0v) is 10.2. The van der Waals surface area contributed by atoms with Crippen LogP contribution in [0.15, 0.2) is 31.1 Å². The van der Waals surface area contributed by atoms with Gasteiger partial charge in [-0.15, -0.1) is 0 Å². The van der Waals surface area contributed by atoms with Crippen LogP contribution in [-0.2, 0) is 20.0 Å². The Morgan fingerprint density at radius 1 is 1.35 bits per heavy atom. The van der Waals surface area contributed by atoms with Gasteiger partial charge in [-0.3, -0.25) is 4.68 Å². The van der Waals surface area contributed by atoms with Crippen LogP contribution in [0.25, 0.3) is 0 Å². The molecule has 2 rings (SSSR count). The summed E-state index contributed by atoms with van der Waals surface area (Å²) < 4.78 is 3.94. The summed E-state index contributed by atoms with van der Waals surface area (Å²) in [6.07, 6.45) is 11.8. The Morgan fingerprint density at radius 2 is 2.29 bits per heavy atom. The van der Waals surface area contributed by atoms with Crippen molar-refractivity contribution in [3.05, 3.63) is 36.7 Å². The van der Waals surface area contributed by atoms with E-state index in [-0.39, 0.29) is 0 Å². The molecular formula is C12H19N5. The van der Waals surface area contributed by atoms with Crippen molar-refractivity contribution in [2.75, 3.05) is 13.1 Å². The van der Waals surface area contributed by atoms with Gasteiger partial charge in [0.05, 0.1) is 12.5 Å². The monoisotopic (exact) mass is 233 g/mol. The molecule has 2 aromatic heterocycles. The molecule has 0 aliphatic rings. The SMILES string of the molecule is Cn1cc(CCNCCCn2ccnc2)cn1. The van der Waals surface area contributed by atoms with Gasteiger partial charge in [0.15, 0.2) is 0 Å². The normalized spacial score (nSPS) is 10.9. The minimum atomic E-state index is 1.01. The summed E-state index contributed by atoms with van der Waals surface area (Å²) in [5.41, 5.74) is 1.29. The molecule has 0 spiro atoms. The lowest BCUT2D eigenvalue weighted by Gasteiger charge is -2.04.